The molecule has 0 bridgehead atoms. The van der Waals surface area contributed by atoms with Crippen LogP contribution < -0.4 is 0 Å². The summed E-state index contributed by atoms with van der Waals surface area (Å²) < 4.78 is 0. The van der Waals surface area contributed by atoms with Gasteiger partial charge < -0.3 is 0 Å². The Bertz CT molecular complexity index is 1290. The van der Waals surface area contributed by atoms with Crippen LogP contribution in [0.25, 0.3) is 0 Å². The van der Waals surface area contributed by atoms with E-state index in [1.807, 2.05) is 49.1 Å². The van der Waals surface area contributed by atoms with Crippen LogP contribution in [0.5, 0.6) is 0 Å². The first-order valence-corrected chi connectivity index (χ1v) is 14.7. The molecule has 0 saturated carbocycles. The van der Waals surface area contributed by atoms with Crippen molar-refractivity contribution in [3.8, 4) is 0 Å². The van der Waals surface area contributed by atoms with Crippen LogP contribution in [-0.2, 0) is 13.1 Å². The summed E-state index contributed by atoms with van der Waals surface area (Å²) in [5.41, 5.74) is 6.72. The van der Waals surface area contributed by atoms with Gasteiger partial charge in [0.25, 0.3) is 0 Å². The molecule has 0 fully saturated rings. The molecule has 0 saturated heterocycles. The highest BCUT2D eigenvalue weighted by Gasteiger charge is 2.26. The lowest BCUT2D eigenvalue weighted by Gasteiger charge is -2.35. The second-order valence-corrected chi connectivity index (χ2v) is 10.9. The van der Waals surface area contributed by atoms with E-state index in [-0.39, 0.29) is 24.2 Å². The third-order valence-corrected chi connectivity index (χ3v) is 8.17. The lowest BCUT2D eigenvalue weighted by Crippen LogP contribution is -2.31. The van der Waals surface area contributed by atoms with Crippen molar-refractivity contribution in [1.82, 2.24) is 29.7 Å². The number of hydrogen-bond donors (Lipinski definition) is 0. The fraction of sp³-hybridized carbons (Fsp3) is 0.278. The Kier molecular flexibility index (Phi) is 9.80. The Morgan fingerprint density at radius 1 is 0.429 bits per heavy atom. The zero-order valence-corrected chi connectivity index (χ0v) is 25.0. The molecule has 0 aliphatic carbocycles. The summed E-state index contributed by atoms with van der Waals surface area (Å²) in [6.07, 6.45) is 7.48. The molecular formula is C36H40N6. The number of hydrogen-bond acceptors (Lipinski definition) is 6. The molecule has 0 N–H and O–H groups in total. The molecule has 5 aromatic rings. The molecule has 0 amide bonds. The van der Waals surface area contributed by atoms with E-state index in [4.69, 9.17) is 0 Å². The number of benzene rings is 1. The van der Waals surface area contributed by atoms with E-state index in [1.165, 1.54) is 11.1 Å². The minimum atomic E-state index is 0.108. The van der Waals surface area contributed by atoms with Gasteiger partial charge in [0.1, 0.15) is 0 Å². The normalized spacial score (nSPS) is 14.4. The van der Waals surface area contributed by atoms with E-state index in [0.717, 1.165) is 35.9 Å². The quantitative estimate of drug-likeness (QED) is 0.156. The maximum absolute atomic E-state index is 4.69. The molecule has 4 aromatic heterocycles. The number of nitrogens with zero attached hydrogens (tertiary/aromatic N) is 6. The molecule has 0 aliphatic rings. The van der Waals surface area contributed by atoms with Crippen LogP contribution >= 0.6 is 0 Å². The van der Waals surface area contributed by atoms with Crippen molar-refractivity contribution >= 4 is 0 Å². The van der Waals surface area contributed by atoms with Gasteiger partial charge in [-0.15, -0.1) is 0 Å². The van der Waals surface area contributed by atoms with Crippen molar-refractivity contribution in [3.05, 3.63) is 156 Å². The minimum absolute atomic E-state index is 0.108. The highest BCUT2D eigenvalue weighted by atomic mass is 15.2. The van der Waals surface area contributed by atoms with E-state index in [9.17, 15) is 0 Å². The molecule has 1 aromatic carbocycles. The predicted molar refractivity (Wildman–Crippen MR) is 168 cm³/mol. The summed E-state index contributed by atoms with van der Waals surface area (Å²) in [5, 5.41) is 0. The Morgan fingerprint density at radius 2 is 0.738 bits per heavy atom. The van der Waals surface area contributed by atoms with Crippen molar-refractivity contribution in [1.29, 1.82) is 0 Å². The topological polar surface area (TPSA) is 58.0 Å². The SMILES string of the molecule is CC(c1ccccn1)N(Cc1cccc(CN(C(C)c2ccccn2)C(C)c2ccccn2)c1)C(C)c1ccccn1. The molecule has 6 nitrogen and oxygen atoms in total. The third kappa shape index (κ3) is 7.14. The molecule has 0 radical (unpaired) electrons. The lowest BCUT2D eigenvalue weighted by atomic mass is 10.0. The lowest BCUT2D eigenvalue weighted by molar-refractivity contribution is 0.136. The minimum Gasteiger partial charge on any atom is -0.283 e. The summed E-state index contributed by atoms with van der Waals surface area (Å²) >= 11 is 0. The summed E-state index contributed by atoms with van der Waals surface area (Å²) in [5.74, 6) is 0. The number of pyridine rings is 4. The largest absolute Gasteiger partial charge is 0.283 e. The van der Waals surface area contributed by atoms with Gasteiger partial charge in [0.15, 0.2) is 0 Å². The van der Waals surface area contributed by atoms with Gasteiger partial charge in [0.05, 0.1) is 46.9 Å². The average Bonchev–Trinajstić information content (AvgIpc) is 3.06. The molecule has 0 aliphatic heterocycles. The van der Waals surface area contributed by atoms with Crippen molar-refractivity contribution in [2.75, 3.05) is 0 Å². The standard InChI is InChI=1S/C36H40N6/c1-27(33-16-5-9-20-37-33)41(28(2)34-17-6-10-21-38-34)25-31-14-13-15-32(24-31)26-42(29(3)35-18-7-11-22-39-35)30(4)36-19-8-12-23-40-36/h5-24,27-30H,25-26H2,1-4H3. The first-order valence-electron chi connectivity index (χ1n) is 14.7. The molecule has 4 heterocycles. The molecule has 4 unspecified atom stereocenters. The zero-order chi connectivity index (χ0) is 29.3. The van der Waals surface area contributed by atoms with Gasteiger partial charge in [-0.3, -0.25) is 29.7 Å². The fourth-order valence-corrected chi connectivity index (χ4v) is 5.64. The molecule has 5 rings (SSSR count). The van der Waals surface area contributed by atoms with E-state index in [0.29, 0.717) is 0 Å². The van der Waals surface area contributed by atoms with Gasteiger partial charge in [0.2, 0.25) is 0 Å². The Hall–Kier alpha value is -4.26. The van der Waals surface area contributed by atoms with Crippen molar-refractivity contribution in [2.45, 2.75) is 65.0 Å². The van der Waals surface area contributed by atoms with Crippen molar-refractivity contribution in [3.63, 3.8) is 0 Å². The number of aromatic nitrogens is 4. The van der Waals surface area contributed by atoms with Crippen LogP contribution in [0.2, 0.25) is 0 Å². The highest BCUT2D eigenvalue weighted by molar-refractivity contribution is 5.25. The van der Waals surface area contributed by atoms with Gasteiger partial charge in [-0.2, -0.15) is 0 Å². The second-order valence-electron chi connectivity index (χ2n) is 10.9. The summed E-state index contributed by atoms with van der Waals surface area (Å²) in [7, 11) is 0. The monoisotopic (exact) mass is 556 g/mol. The van der Waals surface area contributed by atoms with Crippen LogP contribution in [0.15, 0.2) is 122 Å². The van der Waals surface area contributed by atoms with Crippen molar-refractivity contribution in [2.24, 2.45) is 0 Å². The Morgan fingerprint density at radius 3 is 1.00 bits per heavy atom. The molecule has 42 heavy (non-hydrogen) atoms. The molecule has 0 spiro atoms. The summed E-state index contributed by atoms with van der Waals surface area (Å²) in [6.45, 7) is 10.5. The van der Waals surface area contributed by atoms with Gasteiger partial charge in [-0.05, 0) is 87.4 Å². The van der Waals surface area contributed by atoms with Crippen molar-refractivity contribution < 1.29 is 0 Å². The van der Waals surface area contributed by atoms with Gasteiger partial charge >= 0.3 is 0 Å². The van der Waals surface area contributed by atoms with Gasteiger partial charge in [-0.25, -0.2) is 0 Å². The Labute approximate surface area is 250 Å². The molecular weight excluding hydrogens is 516 g/mol. The van der Waals surface area contributed by atoms with E-state index in [2.05, 4.69) is 130 Å². The first-order chi connectivity index (χ1) is 20.5. The maximum Gasteiger partial charge on any atom is 0.0572 e. The number of rotatable bonds is 12. The molecule has 6 heteroatoms. The predicted octanol–water partition coefficient (Wildman–Crippen LogP) is 7.92. The van der Waals surface area contributed by atoms with Crippen LogP contribution in [0.3, 0.4) is 0 Å². The smallest absolute Gasteiger partial charge is 0.0572 e. The van der Waals surface area contributed by atoms with Crippen LogP contribution in [0, 0.1) is 0 Å². The second kappa shape index (κ2) is 14.1. The van der Waals surface area contributed by atoms with Crippen LogP contribution in [0.1, 0.15) is 85.8 Å². The van der Waals surface area contributed by atoms with E-state index >= 15 is 0 Å². The van der Waals surface area contributed by atoms with Crippen LogP contribution in [-0.4, -0.2) is 29.7 Å². The Balaban J connectivity index is 1.43. The van der Waals surface area contributed by atoms with Gasteiger partial charge in [-0.1, -0.05) is 48.5 Å². The fourth-order valence-electron chi connectivity index (χ4n) is 5.64. The zero-order valence-electron chi connectivity index (χ0n) is 25.0. The highest BCUT2D eigenvalue weighted by Crippen LogP contribution is 2.33. The summed E-state index contributed by atoms with van der Waals surface area (Å²) in [4.78, 5) is 23.7. The average molecular weight is 557 g/mol. The van der Waals surface area contributed by atoms with Crippen LogP contribution in [0.4, 0.5) is 0 Å². The van der Waals surface area contributed by atoms with Gasteiger partial charge in [0, 0.05) is 37.9 Å². The molecule has 4 atom stereocenters. The summed E-state index contributed by atoms with van der Waals surface area (Å²) in [6, 6.07) is 33.9. The first kappa shape index (κ1) is 29.2. The van der Waals surface area contributed by atoms with E-state index < -0.39 is 0 Å². The molecule has 214 valence electrons. The third-order valence-electron chi connectivity index (χ3n) is 8.17. The maximum atomic E-state index is 4.69. The van der Waals surface area contributed by atoms with E-state index in [1.54, 1.807) is 0 Å².